The van der Waals surface area contributed by atoms with Crippen molar-refractivity contribution in [1.82, 2.24) is 14.1 Å². The summed E-state index contributed by atoms with van der Waals surface area (Å²) in [5, 5.41) is 16.0. The number of aryl methyl sites for hydroxylation is 3. The third-order valence-corrected chi connectivity index (χ3v) is 7.57. The van der Waals surface area contributed by atoms with E-state index < -0.39 is 14.9 Å². The molecule has 0 saturated carbocycles. The fraction of sp³-hybridized carbons (Fsp3) is 0.318. The van der Waals surface area contributed by atoms with Crippen LogP contribution in [0.3, 0.4) is 0 Å². The van der Waals surface area contributed by atoms with E-state index in [1.807, 2.05) is 31.7 Å². The Bertz CT molecular complexity index is 1260. The van der Waals surface area contributed by atoms with Crippen LogP contribution >= 0.6 is 0 Å². The van der Waals surface area contributed by atoms with Crippen molar-refractivity contribution in [3.63, 3.8) is 0 Å². The molecule has 3 aromatic rings. The van der Waals surface area contributed by atoms with Crippen LogP contribution in [-0.2, 0) is 10.0 Å². The number of nitro benzene ring substituents is 1. The second-order valence-electron chi connectivity index (χ2n) is 7.97. The van der Waals surface area contributed by atoms with Crippen LogP contribution in [0.15, 0.2) is 53.4 Å². The predicted octanol–water partition coefficient (Wildman–Crippen LogP) is 3.22. The molecule has 4 rings (SSSR count). The molecule has 1 aromatic heterocycles. The number of sulfonamides is 1. The van der Waals surface area contributed by atoms with Crippen LogP contribution in [0.25, 0.3) is 5.69 Å². The minimum Gasteiger partial charge on any atom is -0.369 e. The zero-order valence-electron chi connectivity index (χ0n) is 18.2. The van der Waals surface area contributed by atoms with E-state index in [4.69, 9.17) is 0 Å². The first-order valence-corrected chi connectivity index (χ1v) is 11.7. The lowest BCUT2D eigenvalue weighted by Crippen LogP contribution is -2.48. The van der Waals surface area contributed by atoms with Gasteiger partial charge in [0.15, 0.2) is 0 Å². The van der Waals surface area contributed by atoms with Gasteiger partial charge >= 0.3 is 0 Å². The summed E-state index contributed by atoms with van der Waals surface area (Å²) in [6.07, 6.45) is 0. The maximum Gasteiger partial charge on any atom is 0.295 e. The molecule has 0 aliphatic carbocycles. The highest BCUT2D eigenvalue weighted by molar-refractivity contribution is 7.89. The van der Waals surface area contributed by atoms with E-state index in [-0.39, 0.29) is 5.69 Å². The Hall–Kier alpha value is -3.24. The number of benzene rings is 2. The Labute approximate surface area is 187 Å². The lowest BCUT2D eigenvalue weighted by atomic mass is 10.2. The molecule has 0 atom stereocenters. The topological polar surface area (TPSA) is 102 Å². The zero-order chi connectivity index (χ0) is 23.0. The van der Waals surface area contributed by atoms with Crippen LogP contribution in [0.5, 0.6) is 0 Å². The normalized spacial score (nSPS) is 15.2. The quantitative estimate of drug-likeness (QED) is 0.432. The van der Waals surface area contributed by atoms with E-state index >= 15 is 0 Å². The Morgan fingerprint density at radius 2 is 1.59 bits per heavy atom. The van der Waals surface area contributed by atoms with E-state index in [1.165, 1.54) is 10.4 Å². The number of anilines is 1. The van der Waals surface area contributed by atoms with Crippen LogP contribution in [0.2, 0.25) is 0 Å². The highest BCUT2D eigenvalue weighted by Crippen LogP contribution is 2.30. The van der Waals surface area contributed by atoms with Crippen LogP contribution in [-0.4, -0.2) is 53.6 Å². The van der Waals surface area contributed by atoms with Crippen molar-refractivity contribution in [2.75, 3.05) is 31.1 Å². The van der Waals surface area contributed by atoms with Crippen LogP contribution in [0, 0.1) is 30.9 Å². The zero-order valence-corrected chi connectivity index (χ0v) is 19.0. The monoisotopic (exact) mass is 455 g/mol. The molecular weight excluding hydrogens is 430 g/mol. The largest absolute Gasteiger partial charge is 0.369 e. The van der Waals surface area contributed by atoms with Crippen molar-refractivity contribution in [3.8, 4) is 5.69 Å². The minimum atomic E-state index is -3.55. The maximum atomic E-state index is 13.0. The summed E-state index contributed by atoms with van der Waals surface area (Å²) in [7, 11) is -3.55. The van der Waals surface area contributed by atoms with Gasteiger partial charge in [-0.15, -0.1) is 0 Å². The molecule has 10 heteroatoms. The van der Waals surface area contributed by atoms with Gasteiger partial charge in [0.25, 0.3) is 5.69 Å². The van der Waals surface area contributed by atoms with E-state index in [0.717, 1.165) is 22.6 Å². The number of rotatable bonds is 5. The van der Waals surface area contributed by atoms with Gasteiger partial charge in [-0.3, -0.25) is 10.1 Å². The molecule has 2 heterocycles. The number of nitrogens with zero attached hydrogens (tertiary/aromatic N) is 5. The van der Waals surface area contributed by atoms with Crippen molar-refractivity contribution in [1.29, 1.82) is 0 Å². The standard InChI is InChI=1S/C22H25N5O4S/c1-16-4-7-20(8-5-16)32(30,31)25-12-10-24(11-13-25)19-6-9-21(27(28)29)22(15-19)26-18(3)14-17(2)23-26/h4-9,14-15H,10-13H2,1-3H3. The average molecular weight is 456 g/mol. The lowest BCUT2D eigenvalue weighted by molar-refractivity contribution is -0.384. The maximum absolute atomic E-state index is 13.0. The van der Waals surface area contributed by atoms with Crippen LogP contribution in [0.1, 0.15) is 17.0 Å². The van der Waals surface area contributed by atoms with E-state index in [2.05, 4.69) is 5.10 Å². The summed E-state index contributed by atoms with van der Waals surface area (Å²) in [4.78, 5) is 13.5. The first-order valence-electron chi connectivity index (χ1n) is 10.3. The summed E-state index contributed by atoms with van der Waals surface area (Å²) >= 11 is 0. The second-order valence-corrected chi connectivity index (χ2v) is 9.91. The molecule has 1 saturated heterocycles. The molecule has 0 radical (unpaired) electrons. The average Bonchev–Trinajstić information content (AvgIpc) is 3.11. The van der Waals surface area contributed by atoms with Gasteiger partial charge in [-0.1, -0.05) is 17.7 Å². The number of nitro groups is 1. The van der Waals surface area contributed by atoms with Crippen LogP contribution < -0.4 is 4.90 Å². The molecule has 2 aromatic carbocycles. The molecule has 1 aliphatic heterocycles. The summed E-state index contributed by atoms with van der Waals surface area (Å²) in [6.45, 7) is 7.25. The van der Waals surface area contributed by atoms with Crippen molar-refractivity contribution >= 4 is 21.4 Å². The Kier molecular flexibility index (Phi) is 5.74. The van der Waals surface area contributed by atoms with Crippen molar-refractivity contribution in [2.24, 2.45) is 0 Å². The van der Waals surface area contributed by atoms with Gasteiger partial charge in [-0.2, -0.15) is 9.40 Å². The summed E-state index contributed by atoms with van der Waals surface area (Å²) in [6, 6.07) is 13.7. The molecule has 1 aliphatic rings. The lowest BCUT2D eigenvalue weighted by Gasteiger charge is -2.35. The molecule has 0 bridgehead atoms. The number of hydrogen-bond acceptors (Lipinski definition) is 6. The molecule has 0 amide bonds. The van der Waals surface area contributed by atoms with Gasteiger partial charge in [0.05, 0.1) is 15.5 Å². The van der Waals surface area contributed by atoms with Gasteiger partial charge in [-0.25, -0.2) is 13.1 Å². The molecule has 9 nitrogen and oxygen atoms in total. The van der Waals surface area contributed by atoms with Gasteiger partial charge in [0.1, 0.15) is 5.69 Å². The molecule has 32 heavy (non-hydrogen) atoms. The number of piperazine rings is 1. The first-order chi connectivity index (χ1) is 15.2. The fourth-order valence-electron chi connectivity index (χ4n) is 3.95. The van der Waals surface area contributed by atoms with Crippen molar-refractivity contribution in [2.45, 2.75) is 25.7 Å². The minimum absolute atomic E-state index is 0.0273. The molecule has 1 fully saturated rings. The Morgan fingerprint density at radius 3 is 2.16 bits per heavy atom. The Balaban J connectivity index is 1.57. The highest BCUT2D eigenvalue weighted by atomic mass is 32.2. The molecule has 168 valence electrons. The van der Waals surface area contributed by atoms with Crippen LogP contribution in [0.4, 0.5) is 11.4 Å². The molecule has 0 N–H and O–H groups in total. The highest BCUT2D eigenvalue weighted by Gasteiger charge is 2.29. The number of hydrogen-bond donors (Lipinski definition) is 0. The summed E-state index contributed by atoms with van der Waals surface area (Å²) in [5.41, 5.74) is 3.75. The van der Waals surface area contributed by atoms with Crippen molar-refractivity contribution in [3.05, 3.63) is 75.6 Å². The predicted molar refractivity (Wildman–Crippen MR) is 122 cm³/mol. The molecular formula is C22H25N5O4S. The van der Waals surface area contributed by atoms with Gasteiger partial charge < -0.3 is 4.90 Å². The Morgan fingerprint density at radius 1 is 0.938 bits per heavy atom. The third-order valence-electron chi connectivity index (χ3n) is 5.66. The van der Waals surface area contributed by atoms with Crippen molar-refractivity contribution < 1.29 is 13.3 Å². The third kappa shape index (κ3) is 4.11. The number of aromatic nitrogens is 2. The van der Waals surface area contributed by atoms with E-state index in [9.17, 15) is 18.5 Å². The van der Waals surface area contributed by atoms with Gasteiger partial charge in [-0.05, 0) is 51.1 Å². The van der Waals surface area contributed by atoms with Gasteiger partial charge in [0.2, 0.25) is 10.0 Å². The smallest absolute Gasteiger partial charge is 0.295 e. The van der Waals surface area contributed by atoms with E-state index in [0.29, 0.717) is 36.8 Å². The van der Waals surface area contributed by atoms with Gasteiger partial charge in [0, 0.05) is 43.6 Å². The summed E-state index contributed by atoms with van der Waals surface area (Å²) < 4.78 is 29.0. The van der Waals surface area contributed by atoms with E-state index in [1.54, 1.807) is 41.1 Å². The SMILES string of the molecule is Cc1ccc(S(=O)(=O)N2CCN(c3ccc([N+](=O)[O-])c(-n4nc(C)cc4C)c3)CC2)cc1. The molecule has 0 spiro atoms. The summed E-state index contributed by atoms with van der Waals surface area (Å²) in [5.74, 6) is 0. The first kappa shape index (κ1) is 22.0. The fourth-order valence-corrected chi connectivity index (χ4v) is 5.37. The molecule has 0 unspecified atom stereocenters. The second kappa shape index (κ2) is 8.36.